The molecule has 0 spiro atoms. The molecule has 0 amide bonds. The lowest BCUT2D eigenvalue weighted by Crippen LogP contribution is -2.05. The van der Waals surface area contributed by atoms with E-state index in [-0.39, 0.29) is 6.10 Å². The van der Waals surface area contributed by atoms with E-state index in [1.54, 1.807) is 13.3 Å². The highest BCUT2D eigenvalue weighted by molar-refractivity contribution is 5.77. The Labute approximate surface area is 125 Å². The lowest BCUT2D eigenvalue weighted by atomic mass is 9.98. The molecule has 0 saturated heterocycles. The summed E-state index contributed by atoms with van der Waals surface area (Å²) in [5.74, 6) is 1.41. The van der Waals surface area contributed by atoms with E-state index < -0.39 is 0 Å². The molecule has 21 heavy (non-hydrogen) atoms. The summed E-state index contributed by atoms with van der Waals surface area (Å²) in [6, 6.07) is 9.64. The van der Waals surface area contributed by atoms with Crippen LogP contribution in [-0.2, 0) is 0 Å². The van der Waals surface area contributed by atoms with Gasteiger partial charge in [-0.05, 0) is 44.5 Å². The average molecular weight is 282 g/mol. The van der Waals surface area contributed by atoms with Crippen LogP contribution >= 0.6 is 0 Å². The van der Waals surface area contributed by atoms with Gasteiger partial charge in [0.25, 0.3) is 0 Å². The van der Waals surface area contributed by atoms with Crippen molar-refractivity contribution in [3.05, 3.63) is 41.7 Å². The summed E-state index contributed by atoms with van der Waals surface area (Å²) in [6.07, 6.45) is 1.73. The fourth-order valence-corrected chi connectivity index (χ4v) is 2.21. The first kappa shape index (κ1) is 14.9. The standard InChI is InChI=1S/C17H18N2O2/c1-11(2)21-13-5-6-14(16(9-13)20-4)17-12(3)7-8-19-15(17)10-18/h5-9,11H,1-4H3. The number of aryl methyl sites for hydroxylation is 1. The SMILES string of the molecule is COc1cc(OC(C)C)ccc1-c1c(C)ccnc1C#N. The molecule has 0 unspecified atom stereocenters. The highest BCUT2D eigenvalue weighted by atomic mass is 16.5. The van der Waals surface area contributed by atoms with Crippen molar-refractivity contribution in [3.8, 4) is 28.7 Å². The quantitative estimate of drug-likeness (QED) is 0.857. The molecular formula is C17H18N2O2. The Morgan fingerprint density at radius 1 is 1.24 bits per heavy atom. The first-order valence-electron chi connectivity index (χ1n) is 6.77. The smallest absolute Gasteiger partial charge is 0.148 e. The Kier molecular flexibility index (Phi) is 4.44. The van der Waals surface area contributed by atoms with Crippen molar-refractivity contribution < 1.29 is 9.47 Å². The molecule has 2 aromatic rings. The molecule has 0 fully saturated rings. The predicted molar refractivity (Wildman–Crippen MR) is 81.4 cm³/mol. The molecule has 0 atom stereocenters. The van der Waals surface area contributed by atoms with E-state index in [1.165, 1.54) is 0 Å². The number of hydrogen-bond donors (Lipinski definition) is 0. The number of nitriles is 1. The molecule has 0 saturated carbocycles. The Morgan fingerprint density at radius 3 is 2.62 bits per heavy atom. The molecule has 0 bridgehead atoms. The number of pyridine rings is 1. The molecule has 2 rings (SSSR count). The summed E-state index contributed by atoms with van der Waals surface area (Å²) in [6.45, 7) is 5.90. The fraction of sp³-hybridized carbons (Fsp3) is 0.294. The van der Waals surface area contributed by atoms with Crippen LogP contribution in [0.3, 0.4) is 0 Å². The van der Waals surface area contributed by atoms with Crippen LogP contribution in [0.5, 0.6) is 11.5 Å². The van der Waals surface area contributed by atoms with Gasteiger partial charge in [0, 0.05) is 23.4 Å². The lowest BCUT2D eigenvalue weighted by Gasteiger charge is -2.15. The van der Waals surface area contributed by atoms with Gasteiger partial charge in [-0.2, -0.15) is 5.26 Å². The minimum absolute atomic E-state index is 0.0929. The van der Waals surface area contributed by atoms with Crippen molar-refractivity contribution in [2.24, 2.45) is 0 Å². The van der Waals surface area contributed by atoms with E-state index in [4.69, 9.17) is 9.47 Å². The van der Waals surface area contributed by atoms with Gasteiger partial charge in [0.15, 0.2) is 0 Å². The lowest BCUT2D eigenvalue weighted by molar-refractivity contribution is 0.241. The number of benzene rings is 1. The molecule has 0 N–H and O–H groups in total. The van der Waals surface area contributed by atoms with Crippen molar-refractivity contribution >= 4 is 0 Å². The number of ether oxygens (including phenoxy) is 2. The molecule has 4 nitrogen and oxygen atoms in total. The van der Waals surface area contributed by atoms with Crippen molar-refractivity contribution in [1.29, 1.82) is 5.26 Å². The molecule has 0 aliphatic heterocycles. The van der Waals surface area contributed by atoms with Crippen LogP contribution in [0.25, 0.3) is 11.1 Å². The monoisotopic (exact) mass is 282 g/mol. The second kappa shape index (κ2) is 6.27. The minimum Gasteiger partial charge on any atom is -0.496 e. The first-order chi connectivity index (χ1) is 10.1. The van der Waals surface area contributed by atoms with Crippen molar-refractivity contribution in [1.82, 2.24) is 4.98 Å². The molecule has 0 radical (unpaired) electrons. The summed E-state index contributed by atoms with van der Waals surface area (Å²) in [4.78, 5) is 4.13. The number of hydrogen-bond acceptors (Lipinski definition) is 4. The molecule has 1 aromatic heterocycles. The summed E-state index contributed by atoms with van der Waals surface area (Å²) < 4.78 is 11.1. The van der Waals surface area contributed by atoms with Crippen LogP contribution < -0.4 is 9.47 Å². The van der Waals surface area contributed by atoms with Crippen LogP contribution in [0.1, 0.15) is 25.1 Å². The summed E-state index contributed by atoms with van der Waals surface area (Å²) in [7, 11) is 1.61. The van der Waals surface area contributed by atoms with Gasteiger partial charge in [-0.25, -0.2) is 4.98 Å². The van der Waals surface area contributed by atoms with Gasteiger partial charge >= 0.3 is 0 Å². The predicted octanol–water partition coefficient (Wildman–Crippen LogP) is 3.72. The number of nitrogens with zero attached hydrogens (tertiary/aromatic N) is 2. The van der Waals surface area contributed by atoms with Crippen molar-refractivity contribution in [2.75, 3.05) is 7.11 Å². The maximum atomic E-state index is 9.26. The van der Waals surface area contributed by atoms with E-state index in [0.29, 0.717) is 11.4 Å². The second-order valence-electron chi connectivity index (χ2n) is 4.99. The van der Waals surface area contributed by atoms with E-state index in [0.717, 1.165) is 22.4 Å². The Balaban J connectivity index is 2.58. The summed E-state index contributed by atoms with van der Waals surface area (Å²) in [5, 5.41) is 9.26. The Morgan fingerprint density at radius 2 is 2.00 bits per heavy atom. The third kappa shape index (κ3) is 3.14. The van der Waals surface area contributed by atoms with Crippen molar-refractivity contribution in [3.63, 3.8) is 0 Å². The minimum atomic E-state index is 0.0929. The Bertz CT molecular complexity index is 688. The molecule has 0 aliphatic carbocycles. The van der Waals surface area contributed by atoms with Gasteiger partial charge in [0.2, 0.25) is 0 Å². The normalized spacial score (nSPS) is 10.3. The van der Waals surface area contributed by atoms with E-state index in [9.17, 15) is 5.26 Å². The molecule has 1 aromatic carbocycles. The van der Waals surface area contributed by atoms with Crippen LogP contribution in [0, 0.1) is 18.3 Å². The zero-order chi connectivity index (χ0) is 15.4. The molecule has 108 valence electrons. The number of rotatable bonds is 4. The largest absolute Gasteiger partial charge is 0.496 e. The van der Waals surface area contributed by atoms with Gasteiger partial charge < -0.3 is 9.47 Å². The molecule has 1 heterocycles. The van der Waals surface area contributed by atoms with Crippen LogP contribution in [0.4, 0.5) is 0 Å². The Hall–Kier alpha value is -2.54. The van der Waals surface area contributed by atoms with Crippen molar-refractivity contribution in [2.45, 2.75) is 26.9 Å². The highest BCUT2D eigenvalue weighted by Crippen LogP contribution is 2.36. The average Bonchev–Trinajstić information content (AvgIpc) is 2.46. The molecular weight excluding hydrogens is 264 g/mol. The second-order valence-corrected chi connectivity index (χ2v) is 4.99. The number of aromatic nitrogens is 1. The van der Waals surface area contributed by atoms with Gasteiger partial charge in [-0.1, -0.05) is 0 Å². The summed E-state index contributed by atoms with van der Waals surface area (Å²) >= 11 is 0. The van der Waals surface area contributed by atoms with Gasteiger partial charge in [0.1, 0.15) is 23.3 Å². The van der Waals surface area contributed by atoms with Gasteiger partial charge in [0.05, 0.1) is 13.2 Å². The zero-order valence-electron chi connectivity index (χ0n) is 12.7. The zero-order valence-corrected chi connectivity index (χ0v) is 12.7. The van der Waals surface area contributed by atoms with Gasteiger partial charge in [-0.3, -0.25) is 0 Å². The fourth-order valence-electron chi connectivity index (χ4n) is 2.21. The van der Waals surface area contributed by atoms with E-state index >= 15 is 0 Å². The third-order valence-corrected chi connectivity index (χ3v) is 3.08. The topological polar surface area (TPSA) is 55.1 Å². The highest BCUT2D eigenvalue weighted by Gasteiger charge is 2.15. The molecule has 0 aliphatic rings. The van der Waals surface area contributed by atoms with Crippen LogP contribution in [-0.4, -0.2) is 18.2 Å². The van der Waals surface area contributed by atoms with Gasteiger partial charge in [-0.15, -0.1) is 0 Å². The van der Waals surface area contributed by atoms with E-state index in [2.05, 4.69) is 11.1 Å². The van der Waals surface area contributed by atoms with E-state index in [1.807, 2.05) is 45.0 Å². The number of methoxy groups -OCH3 is 1. The maximum Gasteiger partial charge on any atom is 0.148 e. The van der Waals surface area contributed by atoms with Crippen LogP contribution in [0.2, 0.25) is 0 Å². The van der Waals surface area contributed by atoms with Crippen LogP contribution in [0.15, 0.2) is 30.5 Å². The molecule has 4 heteroatoms. The maximum absolute atomic E-state index is 9.26. The summed E-state index contributed by atoms with van der Waals surface area (Å²) in [5.41, 5.74) is 3.02. The first-order valence-corrected chi connectivity index (χ1v) is 6.77. The third-order valence-electron chi connectivity index (χ3n) is 3.08.